The summed E-state index contributed by atoms with van der Waals surface area (Å²) in [6.07, 6.45) is 15.3. The minimum atomic E-state index is 1.27. The Hall–Kier alpha value is -0.300. The summed E-state index contributed by atoms with van der Waals surface area (Å²) in [7, 11) is 0. The van der Waals surface area contributed by atoms with E-state index in [4.69, 9.17) is 0 Å². The normalized spacial score (nSPS) is 11.0. The lowest BCUT2D eigenvalue weighted by molar-refractivity contribution is 0.575. The summed E-state index contributed by atoms with van der Waals surface area (Å²) in [6, 6.07) is 0. The van der Waals surface area contributed by atoms with Gasteiger partial charge in [0.15, 0.2) is 0 Å². The third-order valence-electron chi connectivity index (χ3n) is 3.65. The largest absolute Gasteiger partial charge is 0.152 e. The van der Waals surface area contributed by atoms with E-state index in [1.807, 2.05) is 11.3 Å². The maximum Gasteiger partial charge on any atom is -0.00584 e. The Bertz CT molecular complexity index is 288. The Morgan fingerprint density at radius 2 is 1.22 bits per heavy atom. The smallest absolute Gasteiger partial charge is 0.00584 e. The van der Waals surface area contributed by atoms with Gasteiger partial charge in [0.05, 0.1) is 0 Å². The van der Waals surface area contributed by atoms with Gasteiger partial charge in [0.2, 0.25) is 0 Å². The zero-order valence-electron chi connectivity index (χ0n) is 12.3. The van der Waals surface area contributed by atoms with Crippen LogP contribution in [0.25, 0.3) is 0 Å². The molecule has 1 aromatic rings. The van der Waals surface area contributed by atoms with Crippen LogP contribution in [-0.4, -0.2) is 0 Å². The maximum atomic E-state index is 2.37. The number of hydrogen-bond donors (Lipinski definition) is 0. The highest BCUT2D eigenvalue weighted by Gasteiger charge is 2.02. The van der Waals surface area contributed by atoms with Crippen molar-refractivity contribution in [2.45, 2.75) is 84.5 Å². The van der Waals surface area contributed by atoms with Crippen molar-refractivity contribution < 1.29 is 0 Å². The summed E-state index contributed by atoms with van der Waals surface area (Å²) in [6.45, 7) is 4.56. The maximum absolute atomic E-state index is 2.37. The summed E-state index contributed by atoms with van der Waals surface area (Å²) < 4.78 is 0. The van der Waals surface area contributed by atoms with Crippen molar-refractivity contribution >= 4 is 11.3 Å². The van der Waals surface area contributed by atoms with Crippen LogP contribution >= 0.6 is 11.3 Å². The number of thiophene rings is 1. The van der Waals surface area contributed by atoms with Crippen LogP contribution in [0, 0.1) is 0 Å². The van der Waals surface area contributed by atoms with Gasteiger partial charge in [-0.1, -0.05) is 65.2 Å². The first kappa shape index (κ1) is 15.8. The third kappa shape index (κ3) is 6.58. The molecule has 0 radical (unpaired) electrons. The van der Waals surface area contributed by atoms with Crippen molar-refractivity contribution in [1.82, 2.24) is 0 Å². The summed E-state index contributed by atoms with van der Waals surface area (Å²) in [4.78, 5) is 0. The second-order valence-electron chi connectivity index (χ2n) is 5.40. The van der Waals surface area contributed by atoms with Crippen molar-refractivity contribution in [3.8, 4) is 0 Å². The average molecular weight is 266 g/mol. The molecular formula is C17H30S. The van der Waals surface area contributed by atoms with Crippen LogP contribution in [0.5, 0.6) is 0 Å². The predicted molar refractivity (Wildman–Crippen MR) is 84.6 cm³/mol. The Balaban J connectivity index is 2.01. The topological polar surface area (TPSA) is 0 Å². The van der Waals surface area contributed by atoms with Crippen LogP contribution in [0.1, 0.15) is 82.8 Å². The lowest BCUT2D eigenvalue weighted by atomic mass is 10.0. The molecule has 1 heteroatoms. The lowest BCUT2D eigenvalue weighted by Gasteiger charge is -2.03. The van der Waals surface area contributed by atoms with E-state index in [1.54, 1.807) is 11.1 Å². The summed E-state index contributed by atoms with van der Waals surface area (Å²) >= 11 is 1.88. The van der Waals surface area contributed by atoms with Gasteiger partial charge >= 0.3 is 0 Å². The highest BCUT2D eigenvalue weighted by molar-refractivity contribution is 7.08. The van der Waals surface area contributed by atoms with Crippen LogP contribution in [0.15, 0.2) is 10.8 Å². The van der Waals surface area contributed by atoms with Gasteiger partial charge in [0.25, 0.3) is 0 Å². The molecule has 0 unspecified atom stereocenters. The standard InChI is InChI=1S/C17H30S/c1-3-5-6-7-8-9-10-11-13-17-15-18-14-16(17)12-4-2/h14-15H,3-13H2,1-2H3. The number of unbranched alkanes of at least 4 members (excludes halogenated alkanes) is 7. The van der Waals surface area contributed by atoms with E-state index in [1.165, 1.54) is 70.6 Å². The van der Waals surface area contributed by atoms with Crippen LogP contribution in [0.4, 0.5) is 0 Å². The molecule has 0 aromatic carbocycles. The van der Waals surface area contributed by atoms with Gasteiger partial charge in [0, 0.05) is 0 Å². The van der Waals surface area contributed by atoms with Crippen LogP contribution in [-0.2, 0) is 12.8 Å². The fraction of sp³-hybridized carbons (Fsp3) is 0.765. The van der Waals surface area contributed by atoms with Gasteiger partial charge in [-0.15, -0.1) is 0 Å². The van der Waals surface area contributed by atoms with Gasteiger partial charge < -0.3 is 0 Å². The van der Waals surface area contributed by atoms with Gasteiger partial charge in [-0.25, -0.2) is 0 Å². The molecular weight excluding hydrogens is 236 g/mol. The molecule has 0 atom stereocenters. The molecule has 1 aromatic heterocycles. The van der Waals surface area contributed by atoms with E-state index in [9.17, 15) is 0 Å². The summed E-state index contributed by atoms with van der Waals surface area (Å²) in [5.41, 5.74) is 3.25. The number of rotatable bonds is 11. The molecule has 104 valence electrons. The Morgan fingerprint density at radius 3 is 1.83 bits per heavy atom. The van der Waals surface area contributed by atoms with E-state index in [2.05, 4.69) is 24.6 Å². The van der Waals surface area contributed by atoms with Crippen molar-refractivity contribution in [3.05, 3.63) is 21.9 Å². The van der Waals surface area contributed by atoms with E-state index < -0.39 is 0 Å². The summed E-state index contributed by atoms with van der Waals surface area (Å²) in [5, 5.41) is 4.72. The van der Waals surface area contributed by atoms with E-state index >= 15 is 0 Å². The Morgan fingerprint density at radius 1 is 0.667 bits per heavy atom. The van der Waals surface area contributed by atoms with E-state index in [0.717, 1.165) is 0 Å². The molecule has 0 spiro atoms. The molecule has 0 amide bonds. The molecule has 0 saturated heterocycles. The second-order valence-corrected chi connectivity index (χ2v) is 6.14. The minimum absolute atomic E-state index is 1.27. The first-order valence-corrected chi connectivity index (χ1v) is 8.86. The number of aryl methyl sites for hydroxylation is 2. The van der Waals surface area contributed by atoms with Crippen molar-refractivity contribution in [2.75, 3.05) is 0 Å². The molecule has 0 aliphatic carbocycles. The molecule has 0 saturated carbocycles. The highest BCUT2D eigenvalue weighted by atomic mass is 32.1. The molecule has 0 fully saturated rings. The Kier molecular flexibility index (Phi) is 9.28. The third-order valence-corrected chi connectivity index (χ3v) is 4.49. The summed E-state index contributed by atoms with van der Waals surface area (Å²) in [5.74, 6) is 0. The molecule has 1 heterocycles. The van der Waals surface area contributed by atoms with Crippen LogP contribution in [0.2, 0.25) is 0 Å². The zero-order chi connectivity index (χ0) is 13.1. The number of hydrogen-bond acceptors (Lipinski definition) is 1. The lowest BCUT2D eigenvalue weighted by Crippen LogP contribution is -1.90. The molecule has 18 heavy (non-hydrogen) atoms. The minimum Gasteiger partial charge on any atom is -0.152 e. The molecule has 0 N–H and O–H groups in total. The predicted octanol–water partition coefficient (Wildman–Crippen LogP) is 6.38. The quantitative estimate of drug-likeness (QED) is 0.407. The average Bonchev–Trinajstić information content (AvgIpc) is 2.81. The van der Waals surface area contributed by atoms with Crippen LogP contribution < -0.4 is 0 Å². The first-order chi connectivity index (χ1) is 8.88. The molecule has 0 nitrogen and oxygen atoms in total. The van der Waals surface area contributed by atoms with Gasteiger partial charge in [0.1, 0.15) is 0 Å². The van der Waals surface area contributed by atoms with E-state index in [0.29, 0.717) is 0 Å². The highest BCUT2D eigenvalue weighted by Crippen LogP contribution is 2.20. The molecule has 0 bridgehead atoms. The van der Waals surface area contributed by atoms with Crippen molar-refractivity contribution in [1.29, 1.82) is 0 Å². The molecule has 0 aliphatic heterocycles. The zero-order valence-corrected chi connectivity index (χ0v) is 13.2. The second kappa shape index (κ2) is 10.6. The van der Waals surface area contributed by atoms with Gasteiger partial charge in [-0.05, 0) is 41.1 Å². The van der Waals surface area contributed by atoms with Crippen molar-refractivity contribution in [2.24, 2.45) is 0 Å². The van der Waals surface area contributed by atoms with Gasteiger partial charge in [-0.2, -0.15) is 11.3 Å². The Labute approximate surface area is 118 Å². The molecule has 1 rings (SSSR count). The monoisotopic (exact) mass is 266 g/mol. The fourth-order valence-electron chi connectivity index (χ4n) is 2.51. The first-order valence-electron chi connectivity index (χ1n) is 7.92. The van der Waals surface area contributed by atoms with Crippen molar-refractivity contribution in [3.63, 3.8) is 0 Å². The SMILES string of the molecule is CCCCCCCCCCc1cscc1CCC. The van der Waals surface area contributed by atoms with Gasteiger partial charge in [-0.3, -0.25) is 0 Å². The van der Waals surface area contributed by atoms with Crippen LogP contribution in [0.3, 0.4) is 0 Å². The fourth-order valence-corrected chi connectivity index (χ4v) is 3.44. The van der Waals surface area contributed by atoms with E-state index in [-0.39, 0.29) is 0 Å². The molecule has 0 aliphatic rings.